The molecule has 0 unspecified atom stereocenters. The fourth-order valence-electron chi connectivity index (χ4n) is 0.766. The summed E-state index contributed by atoms with van der Waals surface area (Å²) < 4.78 is 4.92. The van der Waals surface area contributed by atoms with E-state index in [9.17, 15) is 0 Å². The van der Waals surface area contributed by atoms with Crippen LogP contribution in [0, 0.1) is 0 Å². The number of rotatable bonds is 3. The van der Waals surface area contributed by atoms with Gasteiger partial charge in [0.05, 0.1) is 12.8 Å². The van der Waals surface area contributed by atoms with Crippen molar-refractivity contribution >= 4 is 0 Å². The van der Waals surface area contributed by atoms with Gasteiger partial charge in [-0.15, -0.1) is 0 Å². The summed E-state index contributed by atoms with van der Waals surface area (Å²) in [5.74, 6) is 0.602. The van der Waals surface area contributed by atoms with E-state index in [0.29, 0.717) is 5.88 Å². The largest absolute Gasteiger partial charge is 0.481 e. The lowest BCUT2D eigenvalue weighted by atomic mass is 10.4. The van der Waals surface area contributed by atoms with Gasteiger partial charge in [0, 0.05) is 12.6 Å². The quantitative estimate of drug-likeness (QED) is 0.674. The highest BCUT2D eigenvalue weighted by Gasteiger charge is 1.95. The molecule has 0 amide bonds. The van der Waals surface area contributed by atoms with Gasteiger partial charge in [-0.1, -0.05) is 0 Å². The van der Waals surface area contributed by atoms with Gasteiger partial charge in [-0.25, -0.2) is 9.97 Å². The predicted molar refractivity (Wildman–Crippen MR) is 41.3 cm³/mol. The van der Waals surface area contributed by atoms with Crippen molar-refractivity contribution in [2.45, 2.75) is 6.54 Å². The van der Waals surface area contributed by atoms with E-state index in [4.69, 9.17) is 4.74 Å². The molecule has 0 aliphatic rings. The Morgan fingerprint density at radius 1 is 1.55 bits per heavy atom. The van der Waals surface area contributed by atoms with Crippen LogP contribution in [0.5, 0.6) is 5.88 Å². The number of nitrogens with zero attached hydrogens (tertiary/aromatic N) is 2. The Balaban J connectivity index is 2.74. The molecule has 1 aromatic rings. The van der Waals surface area contributed by atoms with Gasteiger partial charge in [0.2, 0.25) is 5.88 Å². The van der Waals surface area contributed by atoms with Gasteiger partial charge in [-0.05, 0) is 7.05 Å². The summed E-state index contributed by atoms with van der Waals surface area (Å²) in [6.07, 6.45) is 1.49. The summed E-state index contributed by atoms with van der Waals surface area (Å²) in [6.45, 7) is 0.735. The van der Waals surface area contributed by atoms with Crippen LogP contribution < -0.4 is 10.1 Å². The molecular formula is C7H11N3O. The highest BCUT2D eigenvalue weighted by Crippen LogP contribution is 2.04. The van der Waals surface area contributed by atoms with Gasteiger partial charge in [0.1, 0.15) is 6.33 Å². The number of hydrogen-bond donors (Lipinski definition) is 1. The molecule has 1 rings (SSSR count). The first kappa shape index (κ1) is 7.94. The topological polar surface area (TPSA) is 47.0 Å². The van der Waals surface area contributed by atoms with Crippen molar-refractivity contribution in [3.63, 3.8) is 0 Å². The van der Waals surface area contributed by atoms with E-state index in [-0.39, 0.29) is 0 Å². The molecule has 0 aliphatic heterocycles. The lowest BCUT2D eigenvalue weighted by molar-refractivity contribution is 0.395. The molecule has 0 aliphatic carbocycles. The first-order valence-corrected chi connectivity index (χ1v) is 3.36. The summed E-state index contributed by atoms with van der Waals surface area (Å²) in [4.78, 5) is 7.90. The predicted octanol–water partition coefficient (Wildman–Crippen LogP) is 0.205. The Labute approximate surface area is 65.6 Å². The number of hydrogen-bond acceptors (Lipinski definition) is 4. The summed E-state index contributed by atoms with van der Waals surface area (Å²) in [5, 5.41) is 2.99. The standard InChI is InChI=1S/C7H11N3O/c1-8-4-6-3-7(11-2)10-5-9-6/h3,5,8H,4H2,1-2H3. The Bertz CT molecular complexity index is 227. The third kappa shape index (κ3) is 2.16. The fourth-order valence-corrected chi connectivity index (χ4v) is 0.766. The first-order valence-electron chi connectivity index (χ1n) is 3.36. The van der Waals surface area contributed by atoms with Gasteiger partial charge in [0.15, 0.2) is 0 Å². The number of nitrogens with one attached hydrogen (secondary N) is 1. The van der Waals surface area contributed by atoms with Crippen LogP contribution >= 0.6 is 0 Å². The van der Waals surface area contributed by atoms with E-state index in [1.807, 2.05) is 7.05 Å². The Kier molecular flexibility index (Phi) is 2.80. The number of aromatic nitrogens is 2. The Hall–Kier alpha value is -1.16. The van der Waals surface area contributed by atoms with Crippen molar-refractivity contribution < 1.29 is 4.74 Å². The zero-order chi connectivity index (χ0) is 8.10. The zero-order valence-electron chi connectivity index (χ0n) is 6.66. The van der Waals surface area contributed by atoms with Crippen LogP contribution in [0.25, 0.3) is 0 Å². The van der Waals surface area contributed by atoms with E-state index in [2.05, 4.69) is 15.3 Å². The van der Waals surface area contributed by atoms with Gasteiger partial charge < -0.3 is 10.1 Å². The molecule has 1 heterocycles. The van der Waals surface area contributed by atoms with E-state index >= 15 is 0 Å². The molecule has 4 heteroatoms. The summed E-state index contributed by atoms with van der Waals surface area (Å²) in [5.41, 5.74) is 0.930. The third-order valence-electron chi connectivity index (χ3n) is 1.27. The summed E-state index contributed by atoms with van der Waals surface area (Å²) in [7, 11) is 3.46. The maximum atomic E-state index is 4.92. The molecule has 1 N–H and O–H groups in total. The van der Waals surface area contributed by atoms with E-state index in [1.54, 1.807) is 13.2 Å². The van der Waals surface area contributed by atoms with Crippen molar-refractivity contribution in [2.24, 2.45) is 0 Å². The average Bonchev–Trinajstić information content (AvgIpc) is 2.06. The second-order valence-corrected chi connectivity index (χ2v) is 2.08. The van der Waals surface area contributed by atoms with Crippen molar-refractivity contribution in [2.75, 3.05) is 14.2 Å². The van der Waals surface area contributed by atoms with Gasteiger partial charge >= 0.3 is 0 Å². The molecule has 0 radical (unpaired) electrons. The van der Waals surface area contributed by atoms with Crippen molar-refractivity contribution in [1.82, 2.24) is 15.3 Å². The smallest absolute Gasteiger partial charge is 0.216 e. The second kappa shape index (κ2) is 3.88. The average molecular weight is 153 g/mol. The molecule has 60 valence electrons. The number of methoxy groups -OCH3 is 1. The highest BCUT2D eigenvalue weighted by molar-refractivity contribution is 5.12. The molecule has 11 heavy (non-hydrogen) atoms. The van der Waals surface area contributed by atoms with E-state index in [1.165, 1.54) is 6.33 Å². The van der Waals surface area contributed by atoms with E-state index in [0.717, 1.165) is 12.2 Å². The molecule has 1 aromatic heterocycles. The minimum absolute atomic E-state index is 0.602. The summed E-state index contributed by atoms with van der Waals surface area (Å²) in [6, 6.07) is 1.80. The van der Waals surface area contributed by atoms with Crippen LogP contribution in [0.1, 0.15) is 5.69 Å². The van der Waals surface area contributed by atoms with Gasteiger partial charge in [-0.2, -0.15) is 0 Å². The van der Waals surface area contributed by atoms with Crippen LogP contribution in [0.2, 0.25) is 0 Å². The zero-order valence-corrected chi connectivity index (χ0v) is 6.66. The van der Waals surface area contributed by atoms with Crippen LogP contribution in [0.3, 0.4) is 0 Å². The van der Waals surface area contributed by atoms with Crippen molar-refractivity contribution in [1.29, 1.82) is 0 Å². The maximum absolute atomic E-state index is 4.92. The molecule has 0 atom stereocenters. The van der Waals surface area contributed by atoms with Crippen molar-refractivity contribution in [3.8, 4) is 5.88 Å². The minimum Gasteiger partial charge on any atom is -0.481 e. The highest BCUT2D eigenvalue weighted by atomic mass is 16.5. The molecule has 0 fully saturated rings. The molecule has 0 saturated carbocycles. The molecule has 4 nitrogen and oxygen atoms in total. The lowest BCUT2D eigenvalue weighted by Gasteiger charge is -2.00. The number of ether oxygens (including phenoxy) is 1. The van der Waals surface area contributed by atoms with Crippen LogP contribution in [-0.4, -0.2) is 24.1 Å². The SMILES string of the molecule is CNCc1cc(OC)ncn1. The van der Waals surface area contributed by atoms with E-state index < -0.39 is 0 Å². The summed E-state index contributed by atoms with van der Waals surface area (Å²) >= 11 is 0. The van der Waals surface area contributed by atoms with Gasteiger partial charge in [0.25, 0.3) is 0 Å². The third-order valence-corrected chi connectivity index (χ3v) is 1.27. The maximum Gasteiger partial charge on any atom is 0.216 e. The first-order chi connectivity index (χ1) is 5.36. The van der Waals surface area contributed by atoms with Crippen LogP contribution in [-0.2, 0) is 6.54 Å². The molecule has 0 bridgehead atoms. The molecule has 0 saturated heterocycles. The lowest BCUT2D eigenvalue weighted by Crippen LogP contribution is -2.07. The van der Waals surface area contributed by atoms with Crippen molar-refractivity contribution in [3.05, 3.63) is 18.1 Å². The second-order valence-electron chi connectivity index (χ2n) is 2.08. The minimum atomic E-state index is 0.602. The molecule has 0 spiro atoms. The molecule has 0 aromatic carbocycles. The Morgan fingerprint density at radius 2 is 2.36 bits per heavy atom. The Morgan fingerprint density at radius 3 is 3.00 bits per heavy atom. The fraction of sp³-hybridized carbons (Fsp3) is 0.429. The van der Waals surface area contributed by atoms with Gasteiger partial charge in [-0.3, -0.25) is 0 Å². The van der Waals surface area contributed by atoms with Crippen LogP contribution in [0.4, 0.5) is 0 Å². The normalized spacial score (nSPS) is 9.64. The molecular weight excluding hydrogens is 142 g/mol. The van der Waals surface area contributed by atoms with Crippen LogP contribution in [0.15, 0.2) is 12.4 Å². The monoisotopic (exact) mass is 153 g/mol.